The predicted octanol–water partition coefficient (Wildman–Crippen LogP) is 3.14. The zero-order valence-electron chi connectivity index (χ0n) is 19.4. The standard InChI is InChI=1S/C24H34N6O/c1-18(2)15-30-19(3)11-22(20(30)4)12-23(13-25)24(31)29-8-6-7-28(9-10-29)17-21-14-26-27(5)16-21/h11-12,14,16,18H,6-10,15,17H2,1-5H3/b23-12-. The van der Waals surface area contributed by atoms with Gasteiger partial charge in [0, 0.05) is 69.5 Å². The number of nitriles is 1. The molecule has 0 aliphatic carbocycles. The second-order valence-electron chi connectivity index (χ2n) is 8.94. The minimum absolute atomic E-state index is 0.167. The highest BCUT2D eigenvalue weighted by Crippen LogP contribution is 2.21. The van der Waals surface area contributed by atoms with E-state index < -0.39 is 0 Å². The van der Waals surface area contributed by atoms with E-state index in [1.54, 1.807) is 6.08 Å². The van der Waals surface area contributed by atoms with Crippen LogP contribution in [0.3, 0.4) is 0 Å². The van der Waals surface area contributed by atoms with Gasteiger partial charge in [0.05, 0.1) is 6.20 Å². The molecule has 2 aromatic heterocycles. The van der Waals surface area contributed by atoms with Crippen LogP contribution in [-0.4, -0.2) is 56.2 Å². The van der Waals surface area contributed by atoms with Crippen LogP contribution < -0.4 is 0 Å². The van der Waals surface area contributed by atoms with Gasteiger partial charge in [-0.15, -0.1) is 0 Å². The Labute approximate surface area is 185 Å². The van der Waals surface area contributed by atoms with Gasteiger partial charge >= 0.3 is 0 Å². The second kappa shape index (κ2) is 9.97. The van der Waals surface area contributed by atoms with Gasteiger partial charge in [0.2, 0.25) is 0 Å². The molecule has 0 bridgehead atoms. The third-order valence-electron chi connectivity index (χ3n) is 5.85. The van der Waals surface area contributed by atoms with Crippen LogP contribution in [0.15, 0.2) is 24.0 Å². The summed E-state index contributed by atoms with van der Waals surface area (Å²) in [6, 6.07) is 4.22. The minimum Gasteiger partial charge on any atom is -0.348 e. The van der Waals surface area contributed by atoms with Crippen molar-refractivity contribution in [1.29, 1.82) is 5.26 Å². The molecule has 31 heavy (non-hydrogen) atoms. The summed E-state index contributed by atoms with van der Waals surface area (Å²) in [6.45, 7) is 13.3. The molecule has 0 N–H and O–H groups in total. The summed E-state index contributed by atoms with van der Waals surface area (Å²) in [5.74, 6) is 0.366. The van der Waals surface area contributed by atoms with Gasteiger partial charge in [-0.1, -0.05) is 13.8 Å². The first-order valence-electron chi connectivity index (χ1n) is 11.1. The van der Waals surface area contributed by atoms with Crippen LogP contribution in [0.25, 0.3) is 6.08 Å². The van der Waals surface area contributed by atoms with Gasteiger partial charge in [-0.2, -0.15) is 10.4 Å². The van der Waals surface area contributed by atoms with Crippen molar-refractivity contribution in [3.05, 3.63) is 46.5 Å². The van der Waals surface area contributed by atoms with E-state index in [0.29, 0.717) is 19.0 Å². The van der Waals surface area contributed by atoms with Crippen LogP contribution in [0.4, 0.5) is 0 Å². The van der Waals surface area contributed by atoms with E-state index in [1.807, 2.05) is 29.0 Å². The summed E-state index contributed by atoms with van der Waals surface area (Å²) in [4.78, 5) is 17.3. The zero-order valence-corrected chi connectivity index (χ0v) is 19.4. The number of nitrogens with zero attached hydrogens (tertiary/aromatic N) is 6. The number of carbonyl (C=O) groups is 1. The Balaban J connectivity index is 1.70. The topological polar surface area (TPSA) is 70.1 Å². The fourth-order valence-electron chi connectivity index (χ4n) is 4.23. The summed E-state index contributed by atoms with van der Waals surface area (Å²) in [5.41, 5.74) is 4.60. The van der Waals surface area contributed by atoms with Crippen molar-refractivity contribution in [3.8, 4) is 6.07 Å². The third kappa shape index (κ3) is 5.65. The predicted molar refractivity (Wildman–Crippen MR) is 122 cm³/mol. The molecule has 1 saturated heterocycles. The molecule has 0 saturated carbocycles. The van der Waals surface area contributed by atoms with E-state index in [-0.39, 0.29) is 11.5 Å². The SMILES string of the molecule is Cc1cc(/C=C(/C#N)C(=O)N2CCCN(Cc3cnn(C)c3)CC2)c(C)n1CC(C)C. The molecular formula is C24H34N6O. The maximum atomic E-state index is 13.1. The highest BCUT2D eigenvalue weighted by atomic mass is 16.2. The fraction of sp³-hybridized carbons (Fsp3) is 0.542. The Bertz CT molecular complexity index is 990. The molecule has 1 aliphatic rings. The summed E-state index contributed by atoms with van der Waals surface area (Å²) < 4.78 is 4.07. The molecule has 1 amide bonds. The molecule has 1 fully saturated rings. The van der Waals surface area contributed by atoms with Crippen molar-refractivity contribution in [2.24, 2.45) is 13.0 Å². The Hall–Kier alpha value is -2.85. The smallest absolute Gasteiger partial charge is 0.264 e. The lowest BCUT2D eigenvalue weighted by Gasteiger charge is -2.21. The van der Waals surface area contributed by atoms with Crippen LogP contribution in [0.5, 0.6) is 0 Å². The van der Waals surface area contributed by atoms with Gasteiger partial charge in [-0.05, 0) is 43.9 Å². The normalized spacial score (nSPS) is 15.9. The zero-order chi connectivity index (χ0) is 22.5. The maximum absolute atomic E-state index is 13.1. The first-order chi connectivity index (χ1) is 14.8. The monoisotopic (exact) mass is 422 g/mol. The Morgan fingerprint density at radius 2 is 2.03 bits per heavy atom. The van der Waals surface area contributed by atoms with Gasteiger partial charge in [0.15, 0.2) is 0 Å². The Morgan fingerprint density at radius 1 is 1.26 bits per heavy atom. The van der Waals surface area contributed by atoms with Crippen molar-refractivity contribution < 1.29 is 4.79 Å². The third-order valence-corrected chi connectivity index (χ3v) is 5.85. The Morgan fingerprint density at radius 3 is 2.68 bits per heavy atom. The van der Waals surface area contributed by atoms with Crippen LogP contribution in [0, 0.1) is 31.1 Å². The quantitative estimate of drug-likeness (QED) is 0.530. The highest BCUT2D eigenvalue weighted by Gasteiger charge is 2.23. The minimum atomic E-state index is -0.167. The Kier molecular flexibility index (Phi) is 7.34. The van der Waals surface area contributed by atoms with Gasteiger partial charge in [0.25, 0.3) is 5.91 Å². The average Bonchev–Trinajstić information content (AvgIpc) is 3.13. The van der Waals surface area contributed by atoms with Gasteiger partial charge in [-0.25, -0.2) is 0 Å². The lowest BCUT2D eigenvalue weighted by atomic mass is 10.1. The van der Waals surface area contributed by atoms with Crippen LogP contribution >= 0.6 is 0 Å². The lowest BCUT2D eigenvalue weighted by Crippen LogP contribution is -2.35. The largest absolute Gasteiger partial charge is 0.348 e. The molecule has 7 heteroatoms. The molecule has 166 valence electrons. The summed E-state index contributed by atoms with van der Waals surface area (Å²) in [6.07, 6.45) is 6.58. The lowest BCUT2D eigenvalue weighted by molar-refractivity contribution is -0.126. The first-order valence-corrected chi connectivity index (χ1v) is 11.1. The van der Waals surface area contributed by atoms with Crippen molar-refractivity contribution in [1.82, 2.24) is 24.1 Å². The van der Waals surface area contributed by atoms with Crippen molar-refractivity contribution in [2.45, 2.75) is 47.2 Å². The molecule has 0 atom stereocenters. The molecular weight excluding hydrogens is 388 g/mol. The first kappa shape index (κ1) is 22.8. The molecule has 0 radical (unpaired) electrons. The molecule has 0 spiro atoms. The van der Waals surface area contributed by atoms with E-state index in [4.69, 9.17) is 0 Å². The van der Waals surface area contributed by atoms with Crippen molar-refractivity contribution in [2.75, 3.05) is 26.2 Å². The summed E-state index contributed by atoms with van der Waals surface area (Å²) >= 11 is 0. The molecule has 2 aromatic rings. The molecule has 3 rings (SSSR count). The van der Waals surface area contributed by atoms with Crippen molar-refractivity contribution >= 4 is 12.0 Å². The molecule has 0 unspecified atom stereocenters. The maximum Gasteiger partial charge on any atom is 0.264 e. The van der Waals surface area contributed by atoms with E-state index >= 15 is 0 Å². The number of amides is 1. The summed E-state index contributed by atoms with van der Waals surface area (Å²) in [7, 11) is 1.92. The van der Waals surface area contributed by atoms with E-state index in [2.05, 4.69) is 54.4 Å². The number of hydrogen-bond acceptors (Lipinski definition) is 4. The number of rotatable bonds is 6. The van der Waals surface area contributed by atoms with Gasteiger partial charge in [0.1, 0.15) is 11.6 Å². The molecule has 3 heterocycles. The second-order valence-corrected chi connectivity index (χ2v) is 8.94. The van der Waals surface area contributed by atoms with Crippen molar-refractivity contribution in [3.63, 3.8) is 0 Å². The van der Waals surface area contributed by atoms with Crippen LogP contribution in [-0.2, 0) is 24.9 Å². The number of aromatic nitrogens is 3. The number of carbonyl (C=O) groups excluding carboxylic acids is 1. The summed E-state index contributed by atoms with van der Waals surface area (Å²) in [5, 5.41) is 14.0. The highest BCUT2D eigenvalue weighted by molar-refractivity contribution is 6.01. The van der Waals surface area contributed by atoms with E-state index in [0.717, 1.165) is 49.6 Å². The molecule has 7 nitrogen and oxygen atoms in total. The van der Waals surface area contributed by atoms with Gasteiger partial charge < -0.3 is 9.47 Å². The van der Waals surface area contributed by atoms with Gasteiger partial charge in [-0.3, -0.25) is 14.4 Å². The van der Waals surface area contributed by atoms with E-state index in [1.165, 1.54) is 5.56 Å². The number of aryl methyl sites for hydroxylation is 2. The van der Waals surface area contributed by atoms with Crippen LogP contribution in [0.1, 0.15) is 42.8 Å². The fourth-order valence-corrected chi connectivity index (χ4v) is 4.23. The van der Waals surface area contributed by atoms with Crippen LogP contribution in [0.2, 0.25) is 0 Å². The molecule has 0 aromatic carbocycles. The number of hydrogen-bond donors (Lipinski definition) is 0. The van der Waals surface area contributed by atoms with E-state index in [9.17, 15) is 10.1 Å². The average molecular weight is 423 g/mol. The molecule has 1 aliphatic heterocycles.